The molecule has 26 heavy (non-hydrogen) atoms. The molecule has 2 aliphatic rings. The molecule has 1 amide bonds. The molecule has 1 aliphatic heterocycles. The highest BCUT2D eigenvalue weighted by Gasteiger charge is 2.36. The van der Waals surface area contributed by atoms with Crippen molar-refractivity contribution in [3.8, 4) is 5.75 Å². The Morgan fingerprint density at radius 1 is 1.42 bits per heavy atom. The Kier molecular flexibility index (Phi) is 4.24. The lowest BCUT2D eigenvalue weighted by Gasteiger charge is -2.38. The van der Waals surface area contributed by atoms with Crippen molar-refractivity contribution in [1.29, 1.82) is 0 Å². The molecule has 136 valence electrons. The molecule has 1 aliphatic carbocycles. The van der Waals surface area contributed by atoms with Gasteiger partial charge in [0, 0.05) is 12.6 Å². The summed E-state index contributed by atoms with van der Waals surface area (Å²) in [5, 5.41) is 12.7. The highest BCUT2D eigenvalue weighted by atomic mass is 16.5. The number of fused-ring (bicyclic) bond motifs is 1. The van der Waals surface area contributed by atoms with Crippen molar-refractivity contribution >= 4 is 5.91 Å². The van der Waals surface area contributed by atoms with E-state index in [1.165, 1.54) is 6.20 Å². The standard InChI is InChI=1S/C19H21N3O4/c1-10-20-9-15(18(24)21-10)19(25)22-17(13-7-14(23)8-13)12-2-3-16-11(6-12)4-5-26-16/h2-3,6,9,13-14,17,23H,4-5,7-8H2,1H3,(H,22,25)(H,20,21,24)/t13?,14?,17-/m1/s1. The average Bonchev–Trinajstić information content (AvgIpc) is 3.04. The van der Waals surface area contributed by atoms with Gasteiger partial charge in [-0.3, -0.25) is 9.59 Å². The van der Waals surface area contributed by atoms with Gasteiger partial charge in [-0.1, -0.05) is 6.07 Å². The summed E-state index contributed by atoms with van der Waals surface area (Å²) in [6.07, 6.45) is 3.06. The molecule has 1 aromatic heterocycles. The summed E-state index contributed by atoms with van der Waals surface area (Å²) in [5.41, 5.74) is 1.63. The summed E-state index contributed by atoms with van der Waals surface area (Å²) in [4.78, 5) is 31.3. The largest absolute Gasteiger partial charge is 0.493 e. The minimum atomic E-state index is -0.457. The number of nitrogens with one attached hydrogen (secondary N) is 2. The van der Waals surface area contributed by atoms with Crippen molar-refractivity contribution in [2.75, 3.05) is 6.61 Å². The number of benzene rings is 1. The van der Waals surface area contributed by atoms with Crippen LogP contribution in [0, 0.1) is 12.8 Å². The number of amides is 1. The number of aromatic amines is 1. The molecule has 7 heteroatoms. The summed E-state index contributed by atoms with van der Waals surface area (Å²) in [6, 6.07) is 5.65. The number of aliphatic hydroxyl groups is 1. The molecule has 0 unspecified atom stereocenters. The lowest BCUT2D eigenvalue weighted by atomic mass is 9.74. The number of aryl methyl sites for hydroxylation is 1. The molecule has 0 bridgehead atoms. The van der Waals surface area contributed by atoms with E-state index in [1.54, 1.807) is 6.92 Å². The van der Waals surface area contributed by atoms with Crippen LogP contribution in [0.3, 0.4) is 0 Å². The highest BCUT2D eigenvalue weighted by Crippen LogP contribution is 2.39. The van der Waals surface area contributed by atoms with E-state index < -0.39 is 11.5 Å². The van der Waals surface area contributed by atoms with Crippen LogP contribution in [0.15, 0.2) is 29.2 Å². The van der Waals surface area contributed by atoms with E-state index in [0.717, 1.165) is 23.3 Å². The van der Waals surface area contributed by atoms with E-state index in [-0.39, 0.29) is 23.6 Å². The van der Waals surface area contributed by atoms with E-state index >= 15 is 0 Å². The van der Waals surface area contributed by atoms with E-state index in [9.17, 15) is 14.7 Å². The van der Waals surface area contributed by atoms with Gasteiger partial charge in [-0.15, -0.1) is 0 Å². The molecule has 1 saturated carbocycles. The van der Waals surface area contributed by atoms with Crippen LogP contribution in [-0.4, -0.2) is 33.7 Å². The lowest BCUT2D eigenvalue weighted by Crippen LogP contribution is -2.42. The molecular weight excluding hydrogens is 334 g/mol. The fourth-order valence-corrected chi connectivity index (χ4v) is 3.64. The van der Waals surface area contributed by atoms with E-state index in [2.05, 4.69) is 21.4 Å². The number of hydrogen-bond acceptors (Lipinski definition) is 5. The fourth-order valence-electron chi connectivity index (χ4n) is 3.64. The molecule has 3 N–H and O–H groups in total. The van der Waals surface area contributed by atoms with Crippen LogP contribution in [0.1, 0.15) is 46.2 Å². The van der Waals surface area contributed by atoms with Crippen molar-refractivity contribution < 1.29 is 14.6 Å². The molecular formula is C19H21N3O4. The van der Waals surface area contributed by atoms with Crippen molar-refractivity contribution in [3.63, 3.8) is 0 Å². The maximum absolute atomic E-state index is 12.7. The van der Waals surface area contributed by atoms with E-state index in [1.807, 2.05) is 12.1 Å². The summed E-state index contributed by atoms with van der Waals surface area (Å²) in [7, 11) is 0. The molecule has 1 atom stereocenters. The van der Waals surface area contributed by atoms with Crippen LogP contribution in [0.25, 0.3) is 0 Å². The molecule has 2 heterocycles. The minimum absolute atomic E-state index is 0.00929. The van der Waals surface area contributed by atoms with Crippen molar-refractivity contribution in [3.05, 3.63) is 57.3 Å². The van der Waals surface area contributed by atoms with Gasteiger partial charge in [0.15, 0.2) is 0 Å². The van der Waals surface area contributed by atoms with Gasteiger partial charge in [0.25, 0.3) is 11.5 Å². The van der Waals surface area contributed by atoms with Gasteiger partial charge >= 0.3 is 0 Å². The third-order valence-electron chi connectivity index (χ3n) is 5.15. The maximum atomic E-state index is 12.7. The number of aliphatic hydroxyl groups excluding tert-OH is 1. The Hall–Kier alpha value is -2.67. The number of hydrogen-bond donors (Lipinski definition) is 3. The number of carbonyl (C=O) groups excluding carboxylic acids is 1. The summed E-state index contributed by atoms with van der Waals surface area (Å²) >= 11 is 0. The number of aromatic nitrogens is 2. The predicted octanol–water partition coefficient (Wildman–Crippen LogP) is 1.26. The Bertz CT molecular complexity index is 902. The van der Waals surface area contributed by atoms with Crippen LogP contribution in [0.4, 0.5) is 0 Å². The Morgan fingerprint density at radius 2 is 2.23 bits per heavy atom. The second-order valence-electron chi connectivity index (χ2n) is 7.01. The maximum Gasteiger partial charge on any atom is 0.263 e. The number of nitrogens with zero attached hydrogens (tertiary/aromatic N) is 1. The minimum Gasteiger partial charge on any atom is -0.493 e. The van der Waals surface area contributed by atoms with Crippen LogP contribution in [0.2, 0.25) is 0 Å². The third kappa shape index (κ3) is 3.10. The van der Waals surface area contributed by atoms with Crippen LogP contribution in [-0.2, 0) is 6.42 Å². The van der Waals surface area contributed by atoms with Crippen LogP contribution < -0.4 is 15.6 Å². The second-order valence-corrected chi connectivity index (χ2v) is 7.01. The molecule has 2 aromatic rings. The molecule has 4 rings (SSSR count). The van der Waals surface area contributed by atoms with Gasteiger partial charge in [-0.05, 0) is 48.9 Å². The van der Waals surface area contributed by atoms with Gasteiger partial charge in [-0.25, -0.2) is 4.98 Å². The van der Waals surface area contributed by atoms with Crippen LogP contribution in [0.5, 0.6) is 5.75 Å². The normalized spacial score (nSPS) is 22.1. The Morgan fingerprint density at radius 3 is 2.96 bits per heavy atom. The molecule has 0 saturated heterocycles. The molecule has 1 fully saturated rings. The lowest BCUT2D eigenvalue weighted by molar-refractivity contribution is 0.0235. The molecule has 7 nitrogen and oxygen atoms in total. The highest BCUT2D eigenvalue weighted by molar-refractivity contribution is 5.93. The zero-order valence-corrected chi connectivity index (χ0v) is 14.5. The second kappa shape index (κ2) is 6.57. The zero-order valence-electron chi connectivity index (χ0n) is 14.5. The zero-order chi connectivity index (χ0) is 18.3. The van der Waals surface area contributed by atoms with Crippen LogP contribution >= 0.6 is 0 Å². The van der Waals surface area contributed by atoms with Crippen molar-refractivity contribution in [1.82, 2.24) is 15.3 Å². The van der Waals surface area contributed by atoms with Gasteiger partial charge in [0.05, 0.1) is 18.8 Å². The first kappa shape index (κ1) is 16.8. The van der Waals surface area contributed by atoms with Crippen molar-refractivity contribution in [2.24, 2.45) is 5.92 Å². The number of carbonyl (C=O) groups is 1. The Balaban J connectivity index is 1.61. The smallest absolute Gasteiger partial charge is 0.263 e. The van der Waals surface area contributed by atoms with Gasteiger partial charge in [0.2, 0.25) is 0 Å². The first-order valence-corrected chi connectivity index (χ1v) is 8.81. The third-order valence-corrected chi connectivity index (χ3v) is 5.15. The summed E-state index contributed by atoms with van der Waals surface area (Å²) in [5.74, 6) is 1.02. The number of rotatable bonds is 4. The van der Waals surface area contributed by atoms with Gasteiger partial charge in [0.1, 0.15) is 17.1 Å². The first-order chi connectivity index (χ1) is 12.5. The topological polar surface area (TPSA) is 104 Å². The average molecular weight is 355 g/mol. The Labute approximate surface area is 150 Å². The quantitative estimate of drug-likeness (QED) is 0.766. The summed E-state index contributed by atoms with van der Waals surface area (Å²) < 4.78 is 5.55. The van der Waals surface area contributed by atoms with E-state index in [0.29, 0.717) is 25.3 Å². The number of ether oxygens (including phenoxy) is 1. The predicted molar refractivity (Wildman–Crippen MR) is 94.2 cm³/mol. The van der Waals surface area contributed by atoms with Gasteiger partial charge in [-0.2, -0.15) is 0 Å². The summed E-state index contributed by atoms with van der Waals surface area (Å²) in [6.45, 7) is 2.33. The fraction of sp³-hybridized carbons (Fsp3) is 0.421. The molecule has 0 spiro atoms. The first-order valence-electron chi connectivity index (χ1n) is 8.81. The number of H-pyrrole nitrogens is 1. The van der Waals surface area contributed by atoms with E-state index in [4.69, 9.17) is 4.74 Å². The van der Waals surface area contributed by atoms with Crippen molar-refractivity contribution in [2.45, 2.75) is 38.3 Å². The molecule has 0 radical (unpaired) electrons. The molecule has 1 aromatic carbocycles. The monoisotopic (exact) mass is 355 g/mol. The SMILES string of the molecule is Cc1ncc(C(=O)N[C@H](c2ccc3c(c2)CCO3)C2CC(O)C2)c(=O)[nH]1. The van der Waals surface area contributed by atoms with Gasteiger partial charge < -0.3 is 20.1 Å².